The minimum atomic E-state index is -3.76. The van der Waals surface area contributed by atoms with Crippen molar-refractivity contribution in [2.45, 2.75) is 42.1 Å². The molecule has 1 aromatic heterocycles. The molecule has 0 aliphatic carbocycles. The number of alkyl carbamates (subject to hydrolysis) is 1. The van der Waals surface area contributed by atoms with Crippen LogP contribution in [-0.4, -0.2) is 47.7 Å². The number of ether oxygens (including phenoxy) is 1. The number of rotatable bonds is 8. The molecular formula is C22H25N5O4S2. The van der Waals surface area contributed by atoms with Crippen LogP contribution in [0.25, 0.3) is 11.4 Å². The number of carbonyl (C=O) groups is 1. The largest absolute Gasteiger partial charge is 0.450 e. The van der Waals surface area contributed by atoms with Crippen molar-refractivity contribution >= 4 is 33.6 Å². The molecule has 11 heteroatoms. The Labute approximate surface area is 197 Å². The van der Waals surface area contributed by atoms with Crippen LogP contribution in [0.4, 0.5) is 10.5 Å². The molecule has 0 fully saturated rings. The third-order valence-corrected chi connectivity index (χ3v) is 7.49. The summed E-state index contributed by atoms with van der Waals surface area (Å²) >= 11 is 1.68. The van der Waals surface area contributed by atoms with E-state index in [-0.39, 0.29) is 4.90 Å². The van der Waals surface area contributed by atoms with Gasteiger partial charge in [0.1, 0.15) is 0 Å². The Kier molecular flexibility index (Phi) is 6.89. The maximum atomic E-state index is 12.9. The van der Waals surface area contributed by atoms with Crippen molar-refractivity contribution in [1.29, 1.82) is 0 Å². The van der Waals surface area contributed by atoms with Crippen LogP contribution in [0, 0.1) is 0 Å². The molecule has 174 valence electrons. The van der Waals surface area contributed by atoms with Crippen molar-refractivity contribution in [1.82, 2.24) is 20.1 Å². The van der Waals surface area contributed by atoms with E-state index in [1.807, 2.05) is 6.07 Å². The Balaban J connectivity index is 1.43. The molecule has 0 unspecified atom stereocenters. The molecule has 3 aromatic rings. The molecule has 33 heavy (non-hydrogen) atoms. The summed E-state index contributed by atoms with van der Waals surface area (Å²) in [4.78, 5) is 11.5. The molecule has 1 amide bonds. The van der Waals surface area contributed by atoms with Crippen molar-refractivity contribution in [2.24, 2.45) is 0 Å². The predicted octanol–water partition coefficient (Wildman–Crippen LogP) is 3.53. The van der Waals surface area contributed by atoms with Gasteiger partial charge in [-0.3, -0.25) is 4.72 Å². The third-order valence-electron chi connectivity index (χ3n) is 5.03. The number of nitrogens with zero attached hydrogens (tertiary/aromatic N) is 3. The maximum Gasteiger partial charge on any atom is 0.407 e. The van der Waals surface area contributed by atoms with Crippen LogP contribution in [0.3, 0.4) is 0 Å². The monoisotopic (exact) mass is 487 g/mol. The lowest BCUT2D eigenvalue weighted by Crippen LogP contribution is -2.26. The number of anilines is 1. The van der Waals surface area contributed by atoms with Gasteiger partial charge >= 0.3 is 6.09 Å². The van der Waals surface area contributed by atoms with Crippen molar-refractivity contribution in [3.8, 4) is 11.4 Å². The van der Waals surface area contributed by atoms with Crippen molar-refractivity contribution < 1.29 is 17.9 Å². The summed E-state index contributed by atoms with van der Waals surface area (Å²) in [6, 6.07) is 13.7. The molecule has 0 saturated carbocycles. The van der Waals surface area contributed by atoms with Gasteiger partial charge in [0, 0.05) is 29.6 Å². The molecule has 0 radical (unpaired) electrons. The van der Waals surface area contributed by atoms with Crippen LogP contribution in [0.2, 0.25) is 0 Å². The van der Waals surface area contributed by atoms with E-state index in [4.69, 9.17) is 4.74 Å². The number of hydrogen-bond donors (Lipinski definition) is 2. The molecule has 1 aliphatic heterocycles. The zero-order valence-corrected chi connectivity index (χ0v) is 19.9. The maximum absolute atomic E-state index is 12.9. The lowest BCUT2D eigenvalue weighted by molar-refractivity contribution is 0.152. The van der Waals surface area contributed by atoms with Crippen LogP contribution < -0.4 is 10.0 Å². The zero-order chi connectivity index (χ0) is 23.4. The fraction of sp³-hybridized carbons (Fsp3) is 0.318. The van der Waals surface area contributed by atoms with Gasteiger partial charge in [0.25, 0.3) is 10.0 Å². The lowest BCUT2D eigenvalue weighted by Gasteiger charge is -2.11. The first-order valence-electron chi connectivity index (χ1n) is 10.6. The third kappa shape index (κ3) is 5.48. The SMILES string of the molecule is CCOC(=O)NCCc1ccc(S(=O)(=O)Nc2cccc(-c3nnc4n3C[C@@H](C)S4)c2)cc1. The summed E-state index contributed by atoms with van der Waals surface area (Å²) in [5, 5.41) is 12.5. The quantitative estimate of drug-likeness (QED) is 0.499. The van der Waals surface area contributed by atoms with Crippen molar-refractivity contribution in [2.75, 3.05) is 17.9 Å². The normalized spacial score (nSPS) is 15.2. The Bertz CT molecular complexity index is 1240. The molecule has 2 heterocycles. The number of amides is 1. The van der Waals surface area contributed by atoms with E-state index in [2.05, 4.69) is 31.7 Å². The van der Waals surface area contributed by atoms with E-state index in [9.17, 15) is 13.2 Å². The topological polar surface area (TPSA) is 115 Å². The summed E-state index contributed by atoms with van der Waals surface area (Å²) < 4.78 is 35.3. The van der Waals surface area contributed by atoms with E-state index in [1.54, 1.807) is 61.2 Å². The van der Waals surface area contributed by atoms with Crippen LogP contribution in [0.1, 0.15) is 19.4 Å². The number of benzene rings is 2. The standard InChI is InChI=1S/C22H25N5O4S2/c1-3-31-22(28)23-12-11-16-7-9-19(10-8-16)33(29,30)26-18-6-4-5-17(13-18)20-24-25-21-27(20)14-15(2)32-21/h4-10,13,15,26H,3,11-12,14H2,1-2H3,(H,23,28)/t15-/m1/s1. The molecule has 0 bridgehead atoms. The number of aromatic nitrogens is 3. The molecule has 0 saturated heterocycles. The average Bonchev–Trinajstić information content (AvgIpc) is 3.33. The second-order valence-corrected chi connectivity index (χ2v) is 10.7. The van der Waals surface area contributed by atoms with Gasteiger partial charge in [0.15, 0.2) is 11.0 Å². The second kappa shape index (κ2) is 9.84. The van der Waals surface area contributed by atoms with E-state index in [0.717, 1.165) is 28.7 Å². The Morgan fingerprint density at radius 2 is 2.00 bits per heavy atom. The molecule has 0 spiro atoms. The predicted molar refractivity (Wildman–Crippen MR) is 127 cm³/mol. The van der Waals surface area contributed by atoms with Gasteiger partial charge in [-0.25, -0.2) is 13.2 Å². The van der Waals surface area contributed by atoms with Crippen LogP contribution >= 0.6 is 11.8 Å². The highest BCUT2D eigenvalue weighted by atomic mass is 32.2. The highest BCUT2D eigenvalue weighted by molar-refractivity contribution is 7.99. The summed E-state index contributed by atoms with van der Waals surface area (Å²) in [6.45, 7) is 5.41. The summed E-state index contributed by atoms with van der Waals surface area (Å²) in [5.41, 5.74) is 2.15. The van der Waals surface area contributed by atoms with Gasteiger partial charge in [-0.15, -0.1) is 10.2 Å². The highest BCUT2D eigenvalue weighted by Crippen LogP contribution is 2.34. The number of nitrogens with one attached hydrogen (secondary N) is 2. The molecular weight excluding hydrogens is 462 g/mol. The van der Waals surface area contributed by atoms with Gasteiger partial charge in [-0.2, -0.15) is 0 Å². The van der Waals surface area contributed by atoms with Crippen LogP contribution in [0.15, 0.2) is 58.6 Å². The first-order valence-corrected chi connectivity index (χ1v) is 12.9. The fourth-order valence-electron chi connectivity index (χ4n) is 3.49. The molecule has 1 aliphatic rings. The minimum absolute atomic E-state index is 0.156. The number of fused-ring (bicyclic) bond motifs is 1. The zero-order valence-electron chi connectivity index (χ0n) is 18.3. The Morgan fingerprint density at radius 3 is 2.76 bits per heavy atom. The molecule has 2 aromatic carbocycles. The highest BCUT2D eigenvalue weighted by Gasteiger charge is 2.24. The Morgan fingerprint density at radius 1 is 1.21 bits per heavy atom. The first-order chi connectivity index (χ1) is 15.9. The van der Waals surface area contributed by atoms with Gasteiger partial charge in [0.2, 0.25) is 0 Å². The van der Waals surface area contributed by atoms with Gasteiger partial charge < -0.3 is 14.6 Å². The average molecular weight is 488 g/mol. The first kappa shape index (κ1) is 23.1. The number of hydrogen-bond acceptors (Lipinski definition) is 7. The number of sulfonamides is 1. The van der Waals surface area contributed by atoms with Crippen molar-refractivity contribution in [3.63, 3.8) is 0 Å². The summed E-state index contributed by atoms with van der Waals surface area (Å²) in [6.07, 6.45) is 0.0984. The van der Waals surface area contributed by atoms with E-state index in [0.29, 0.717) is 30.5 Å². The van der Waals surface area contributed by atoms with Crippen molar-refractivity contribution in [3.05, 3.63) is 54.1 Å². The molecule has 4 rings (SSSR count). The smallest absolute Gasteiger partial charge is 0.407 e. The van der Waals surface area contributed by atoms with E-state index >= 15 is 0 Å². The lowest BCUT2D eigenvalue weighted by atomic mass is 10.1. The van der Waals surface area contributed by atoms with Gasteiger partial charge in [0.05, 0.1) is 11.5 Å². The Hall–Kier alpha value is -3.05. The number of carbonyl (C=O) groups excluding carboxylic acids is 1. The summed E-state index contributed by atoms with van der Waals surface area (Å²) in [7, 11) is -3.76. The minimum Gasteiger partial charge on any atom is -0.450 e. The summed E-state index contributed by atoms with van der Waals surface area (Å²) in [5.74, 6) is 0.726. The molecule has 9 nitrogen and oxygen atoms in total. The second-order valence-electron chi connectivity index (χ2n) is 7.57. The van der Waals surface area contributed by atoms with E-state index in [1.165, 1.54) is 0 Å². The van der Waals surface area contributed by atoms with E-state index < -0.39 is 16.1 Å². The molecule has 2 N–H and O–H groups in total. The fourth-order valence-corrected chi connectivity index (χ4v) is 5.50. The van der Waals surface area contributed by atoms with Crippen LogP contribution in [-0.2, 0) is 27.7 Å². The molecule has 1 atom stereocenters. The number of thioether (sulfide) groups is 1. The van der Waals surface area contributed by atoms with Crippen LogP contribution in [0.5, 0.6) is 0 Å². The van der Waals surface area contributed by atoms with Gasteiger partial charge in [-0.1, -0.05) is 43.0 Å². The van der Waals surface area contributed by atoms with Gasteiger partial charge in [-0.05, 0) is 43.2 Å².